The van der Waals surface area contributed by atoms with Gasteiger partial charge in [0.2, 0.25) is 0 Å². The monoisotopic (exact) mass is 332 g/mol. The molecule has 0 amide bonds. The Morgan fingerprint density at radius 2 is 1.61 bits per heavy atom. The molecular formula is C13H8BrClF2O. The summed E-state index contributed by atoms with van der Waals surface area (Å²) in [6, 6.07) is 8.18. The lowest BCUT2D eigenvalue weighted by Crippen LogP contribution is -2.01. The summed E-state index contributed by atoms with van der Waals surface area (Å²) in [5, 5.41) is 10.5. The van der Waals surface area contributed by atoms with Gasteiger partial charge < -0.3 is 5.11 Å². The van der Waals surface area contributed by atoms with Gasteiger partial charge in [0, 0.05) is 4.47 Å². The van der Waals surface area contributed by atoms with Crippen molar-refractivity contribution in [1.29, 1.82) is 0 Å². The van der Waals surface area contributed by atoms with Crippen molar-refractivity contribution < 1.29 is 13.9 Å². The van der Waals surface area contributed by atoms with Crippen LogP contribution in [0.15, 0.2) is 40.9 Å². The molecule has 1 nitrogen and oxygen atoms in total. The maximum Gasteiger partial charge on any atom is 0.159 e. The van der Waals surface area contributed by atoms with E-state index in [4.69, 9.17) is 11.6 Å². The van der Waals surface area contributed by atoms with E-state index in [0.29, 0.717) is 15.1 Å². The fraction of sp³-hybridized carbons (Fsp3) is 0.0769. The van der Waals surface area contributed by atoms with Crippen molar-refractivity contribution in [2.75, 3.05) is 0 Å². The minimum atomic E-state index is -1.05. The summed E-state index contributed by atoms with van der Waals surface area (Å²) in [7, 11) is 0. The molecule has 2 rings (SSSR count). The zero-order chi connectivity index (χ0) is 13.3. The number of halogens is 4. The molecule has 0 radical (unpaired) electrons. The molecule has 0 saturated carbocycles. The molecule has 1 unspecified atom stereocenters. The summed E-state index contributed by atoms with van der Waals surface area (Å²) in [6.07, 6.45) is -1.05. The first kappa shape index (κ1) is 13.5. The zero-order valence-corrected chi connectivity index (χ0v) is 11.3. The number of hydrogen-bond acceptors (Lipinski definition) is 1. The Morgan fingerprint density at radius 1 is 1.00 bits per heavy atom. The minimum Gasteiger partial charge on any atom is -0.384 e. The van der Waals surface area contributed by atoms with E-state index in [-0.39, 0.29) is 5.56 Å². The molecule has 0 saturated heterocycles. The van der Waals surface area contributed by atoms with E-state index in [1.807, 2.05) is 0 Å². The van der Waals surface area contributed by atoms with Crippen molar-refractivity contribution in [3.05, 3.63) is 68.7 Å². The highest BCUT2D eigenvalue weighted by atomic mass is 79.9. The third kappa shape index (κ3) is 2.71. The van der Waals surface area contributed by atoms with Gasteiger partial charge in [-0.05, 0) is 51.3 Å². The predicted octanol–water partition coefficient (Wildman–Crippen LogP) is 4.46. The molecule has 0 aliphatic heterocycles. The second kappa shape index (κ2) is 5.34. The Labute approximate surface area is 116 Å². The average Bonchev–Trinajstić information content (AvgIpc) is 2.35. The number of hydrogen-bond donors (Lipinski definition) is 1. The van der Waals surface area contributed by atoms with Crippen molar-refractivity contribution >= 4 is 27.5 Å². The first-order valence-electron chi connectivity index (χ1n) is 5.07. The smallest absolute Gasteiger partial charge is 0.159 e. The Kier molecular flexibility index (Phi) is 4.00. The number of benzene rings is 2. The van der Waals surface area contributed by atoms with E-state index < -0.39 is 17.7 Å². The maximum absolute atomic E-state index is 13.1. The molecule has 0 fully saturated rings. The lowest BCUT2D eigenvalue weighted by Gasteiger charge is -2.12. The molecule has 18 heavy (non-hydrogen) atoms. The molecule has 0 aliphatic rings. The van der Waals surface area contributed by atoms with Crippen LogP contribution in [0.1, 0.15) is 17.2 Å². The third-order valence-corrected chi connectivity index (χ3v) is 3.75. The van der Waals surface area contributed by atoms with Crippen LogP contribution in [0.2, 0.25) is 5.02 Å². The molecule has 0 heterocycles. The Hall–Kier alpha value is -0.970. The topological polar surface area (TPSA) is 20.2 Å². The van der Waals surface area contributed by atoms with Crippen LogP contribution in [0.4, 0.5) is 8.78 Å². The largest absolute Gasteiger partial charge is 0.384 e. The van der Waals surface area contributed by atoms with E-state index in [2.05, 4.69) is 15.9 Å². The average molecular weight is 334 g/mol. The van der Waals surface area contributed by atoms with Crippen LogP contribution < -0.4 is 0 Å². The molecule has 0 bridgehead atoms. The van der Waals surface area contributed by atoms with Crippen LogP contribution >= 0.6 is 27.5 Å². The van der Waals surface area contributed by atoms with E-state index in [1.54, 1.807) is 18.2 Å². The van der Waals surface area contributed by atoms with Gasteiger partial charge in [0.25, 0.3) is 0 Å². The van der Waals surface area contributed by atoms with Gasteiger partial charge in [0.1, 0.15) is 6.10 Å². The summed E-state index contributed by atoms with van der Waals surface area (Å²) >= 11 is 9.14. The van der Waals surface area contributed by atoms with E-state index in [9.17, 15) is 13.9 Å². The Bertz CT molecular complexity index is 538. The minimum absolute atomic E-state index is 0.271. The van der Waals surface area contributed by atoms with Gasteiger partial charge in [-0.2, -0.15) is 0 Å². The Balaban J connectivity index is 2.37. The number of aliphatic hydroxyl groups excluding tert-OH is 1. The van der Waals surface area contributed by atoms with E-state index >= 15 is 0 Å². The summed E-state index contributed by atoms with van der Waals surface area (Å²) in [5.41, 5.74) is 0.779. The van der Waals surface area contributed by atoms with Crippen molar-refractivity contribution in [1.82, 2.24) is 0 Å². The first-order valence-corrected chi connectivity index (χ1v) is 6.24. The third-order valence-electron chi connectivity index (χ3n) is 2.52. The van der Waals surface area contributed by atoms with Crippen LogP contribution in [0.3, 0.4) is 0 Å². The highest BCUT2D eigenvalue weighted by Crippen LogP contribution is 2.29. The lowest BCUT2D eigenvalue weighted by molar-refractivity contribution is 0.219. The van der Waals surface area contributed by atoms with Gasteiger partial charge in [-0.15, -0.1) is 0 Å². The van der Waals surface area contributed by atoms with Crippen molar-refractivity contribution in [3.8, 4) is 0 Å². The summed E-state index contributed by atoms with van der Waals surface area (Å²) in [4.78, 5) is 0. The van der Waals surface area contributed by atoms with Crippen LogP contribution in [-0.4, -0.2) is 5.11 Å². The van der Waals surface area contributed by atoms with Crippen LogP contribution in [0.25, 0.3) is 0 Å². The van der Waals surface area contributed by atoms with Crippen molar-refractivity contribution in [3.63, 3.8) is 0 Å². The van der Waals surface area contributed by atoms with Gasteiger partial charge in [-0.25, -0.2) is 8.78 Å². The van der Waals surface area contributed by atoms with Gasteiger partial charge in [0.15, 0.2) is 11.6 Å². The van der Waals surface area contributed by atoms with Crippen LogP contribution in [0, 0.1) is 11.6 Å². The molecule has 94 valence electrons. The van der Waals surface area contributed by atoms with Crippen molar-refractivity contribution in [2.45, 2.75) is 6.10 Å². The highest BCUT2D eigenvalue weighted by molar-refractivity contribution is 9.10. The quantitative estimate of drug-likeness (QED) is 0.860. The molecule has 2 aromatic carbocycles. The molecule has 0 spiro atoms. The van der Waals surface area contributed by atoms with E-state index in [1.165, 1.54) is 6.07 Å². The summed E-state index contributed by atoms with van der Waals surface area (Å²) < 4.78 is 26.6. The molecular weight excluding hydrogens is 325 g/mol. The molecule has 5 heteroatoms. The first-order chi connectivity index (χ1) is 8.49. The standard InChI is InChI=1S/C13H8BrClF2O/c14-9-3-1-7(5-10(9)15)13(18)8-2-4-11(16)12(17)6-8/h1-6,13,18H. The molecule has 1 atom stereocenters. The Morgan fingerprint density at radius 3 is 2.22 bits per heavy atom. The van der Waals surface area contributed by atoms with Gasteiger partial charge >= 0.3 is 0 Å². The van der Waals surface area contributed by atoms with E-state index in [0.717, 1.165) is 12.1 Å². The van der Waals surface area contributed by atoms with Crippen LogP contribution in [0.5, 0.6) is 0 Å². The molecule has 2 aromatic rings. The number of rotatable bonds is 2. The SMILES string of the molecule is OC(c1ccc(F)c(F)c1)c1ccc(Br)c(Cl)c1. The zero-order valence-electron chi connectivity index (χ0n) is 9.00. The lowest BCUT2D eigenvalue weighted by atomic mass is 10.0. The maximum atomic E-state index is 13.1. The fourth-order valence-corrected chi connectivity index (χ4v) is 1.99. The van der Waals surface area contributed by atoms with Gasteiger partial charge in [0.05, 0.1) is 5.02 Å². The van der Waals surface area contributed by atoms with Gasteiger partial charge in [-0.3, -0.25) is 0 Å². The molecule has 0 aromatic heterocycles. The summed E-state index contributed by atoms with van der Waals surface area (Å²) in [6.45, 7) is 0. The van der Waals surface area contributed by atoms with Gasteiger partial charge in [-0.1, -0.05) is 23.7 Å². The normalized spacial score (nSPS) is 12.5. The van der Waals surface area contributed by atoms with Crippen molar-refractivity contribution in [2.24, 2.45) is 0 Å². The molecule has 0 aliphatic carbocycles. The predicted molar refractivity (Wildman–Crippen MR) is 69.6 cm³/mol. The fourth-order valence-electron chi connectivity index (χ4n) is 1.56. The molecule has 1 N–H and O–H groups in total. The number of aliphatic hydroxyl groups is 1. The highest BCUT2D eigenvalue weighted by Gasteiger charge is 2.14. The van der Waals surface area contributed by atoms with Crippen LogP contribution in [-0.2, 0) is 0 Å². The second-order valence-electron chi connectivity index (χ2n) is 3.75. The second-order valence-corrected chi connectivity index (χ2v) is 5.01. The summed E-state index contributed by atoms with van der Waals surface area (Å²) in [5.74, 6) is -1.94.